The zero-order valence-electron chi connectivity index (χ0n) is 14.6. The molecule has 5 nitrogen and oxygen atoms in total. The van der Waals surface area contributed by atoms with Crippen LogP contribution in [-0.4, -0.2) is 21.7 Å². The maximum Gasteiger partial charge on any atom is 0.271 e. The van der Waals surface area contributed by atoms with Crippen LogP contribution in [0.3, 0.4) is 0 Å². The molecule has 0 unspecified atom stereocenters. The van der Waals surface area contributed by atoms with Crippen LogP contribution >= 0.6 is 0 Å². The molecule has 3 aromatic carbocycles. The summed E-state index contributed by atoms with van der Waals surface area (Å²) in [6, 6.07) is 27.1. The Bertz CT molecular complexity index is 1090. The highest BCUT2D eigenvalue weighted by Crippen LogP contribution is 2.17. The van der Waals surface area contributed by atoms with Gasteiger partial charge in [-0.1, -0.05) is 60.7 Å². The van der Waals surface area contributed by atoms with Gasteiger partial charge >= 0.3 is 0 Å². The molecule has 0 atom stereocenters. The molecule has 1 amide bonds. The molecule has 0 spiro atoms. The van der Waals surface area contributed by atoms with E-state index in [9.17, 15) is 4.79 Å². The summed E-state index contributed by atoms with van der Waals surface area (Å²) < 4.78 is 2.09. The van der Waals surface area contributed by atoms with E-state index < -0.39 is 0 Å². The van der Waals surface area contributed by atoms with Crippen molar-refractivity contribution in [3.63, 3.8) is 0 Å². The van der Waals surface area contributed by atoms with E-state index in [1.807, 2.05) is 60.7 Å². The van der Waals surface area contributed by atoms with Crippen molar-refractivity contribution in [3.05, 3.63) is 102 Å². The Hall–Kier alpha value is -3.73. The molecule has 0 radical (unpaired) electrons. The van der Waals surface area contributed by atoms with E-state index in [1.165, 1.54) is 5.56 Å². The number of hydrogen-bond acceptors (Lipinski definition) is 3. The van der Waals surface area contributed by atoms with E-state index >= 15 is 0 Å². The summed E-state index contributed by atoms with van der Waals surface area (Å²) in [5, 5.41) is 4.11. The lowest BCUT2D eigenvalue weighted by atomic mass is 10.2. The van der Waals surface area contributed by atoms with Crippen molar-refractivity contribution in [2.45, 2.75) is 6.54 Å². The van der Waals surface area contributed by atoms with Gasteiger partial charge in [0, 0.05) is 12.1 Å². The molecule has 132 valence electrons. The number of carbonyl (C=O) groups excluding carboxylic acids is 1. The zero-order valence-corrected chi connectivity index (χ0v) is 14.6. The van der Waals surface area contributed by atoms with Gasteiger partial charge in [-0.05, 0) is 29.8 Å². The highest BCUT2D eigenvalue weighted by molar-refractivity contribution is 5.94. The molecule has 1 heterocycles. The molecular weight excluding hydrogens is 336 g/mol. The Labute approximate surface area is 157 Å². The van der Waals surface area contributed by atoms with Gasteiger partial charge < -0.3 is 4.57 Å². The number of benzene rings is 3. The first kappa shape index (κ1) is 16.7. The van der Waals surface area contributed by atoms with Crippen molar-refractivity contribution in [1.82, 2.24) is 15.0 Å². The molecule has 5 heteroatoms. The van der Waals surface area contributed by atoms with Gasteiger partial charge in [-0.25, -0.2) is 10.4 Å². The second-order valence-electron chi connectivity index (χ2n) is 6.10. The van der Waals surface area contributed by atoms with Gasteiger partial charge in [-0.2, -0.15) is 5.10 Å². The first-order chi connectivity index (χ1) is 13.3. The van der Waals surface area contributed by atoms with Crippen LogP contribution in [0.4, 0.5) is 0 Å². The molecule has 27 heavy (non-hydrogen) atoms. The summed E-state index contributed by atoms with van der Waals surface area (Å²) in [6.07, 6.45) is 1.59. The minimum Gasteiger partial charge on any atom is -0.319 e. The first-order valence-electron chi connectivity index (χ1n) is 8.69. The average Bonchev–Trinajstić information content (AvgIpc) is 3.07. The highest BCUT2D eigenvalue weighted by atomic mass is 16.2. The third-order valence-electron chi connectivity index (χ3n) is 4.25. The van der Waals surface area contributed by atoms with Crippen LogP contribution in [0.25, 0.3) is 11.0 Å². The quantitative estimate of drug-likeness (QED) is 0.437. The molecule has 4 rings (SSSR count). The fourth-order valence-corrected chi connectivity index (χ4v) is 2.93. The molecular formula is C22H18N4O. The number of hydrazone groups is 1. The van der Waals surface area contributed by atoms with Crippen molar-refractivity contribution in [3.8, 4) is 0 Å². The van der Waals surface area contributed by atoms with Gasteiger partial charge in [-0.3, -0.25) is 4.79 Å². The number of rotatable bonds is 5. The normalized spacial score (nSPS) is 11.1. The fourth-order valence-electron chi connectivity index (χ4n) is 2.93. The van der Waals surface area contributed by atoms with E-state index in [-0.39, 0.29) is 5.91 Å². The largest absolute Gasteiger partial charge is 0.319 e. The predicted molar refractivity (Wildman–Crippen MR) is 107 cm³/mol. The lowest BCUT2D eigenvalue weighted by molar-refractivity contribution is 0.0955. The number of nitrogens with zero attached hydrogens (tertiary/aromatic N) is 3. The van der Waals surface area contributed by atoms with Gasteiger partial charge in [0.15, 0.2) is 5.82 Å². The Morgan fingerprint density at radius 3 is 2.37 bits per heavy atom. The van der Waals surface area contributed by atoms with E-state index in [2.05, 4.69) is 32.2 Å². The van der Waals surface area contributed by atoms with Gasteiger partial charge in [0.2, 0.25) is 0 Å². The van der Waals surface area contributed by atoms with Crippen molar-refractivity contribution in [2.75, 3.05) is 0 Å². The van der Waals surface area contributed by atoms with E-state index in [1.54, 1.807) is 18.3 Å². The van der Waals surface area contributed by atoms with Crippen LogP contribution in [0, 0.1) is 0 Å². The molecule has 0 aliphatic carbocycles. The number of fused-ring (bicyclic) bond motifs is 1. The minimum atomic E-state index is -0.252. The van der Waals surface area contributed by atoms with Crippen LogP contribution in [0.1, 0.15) is 21.7 Å². The predicted octanol–water partition coefficient (Wildman–Crippen LogP) is 3.85. The minimum absolute atomic E-state index is 0.252. The van der Waals surface area contributed by atoms with Crippen LogP contribution < -0.4 is 5.43 Å². The van der Waals surface area contributed by atoms with Gasteiger partial charge in [-0.15, -0.1) is 0 Å². The number of imidazole rings is 1. The molecule has 1 N–H and O–H groups in total. The Balaban J connectivity index is 1.61. The first-order valence-corrected chi connectivity index (χ1v) is 8.69. The maximum absolute atomic E-state index is 12.1. The van der Waals surface area contributed by atoms with Crippen LogP contribution in [0.2, 0.25) is 0 Å². The molecule has 0 saturated carbocycles. The lowest BCUT2D eigenvalue weighted by Gasteiger charge is -2.07. The summed E-state index contributed by atoms with van der Waals surface area (Å²) in [5.74, 6) is 0.436. The van der Waals surface area contributed by atoms with Gasteiger partial charge in [0.05, 0.1) is 17.2 Å². The Morgan fingerprint density at radius 2 is 1.59 bits per heavy atom. The maximum atomic E-state index is 12.1. The number of hydrogen-bond donors (Lipinski definition) is 1. The molecule has 0 aliphatic rings. The molecule has 0 saturated heterocycles. The summed E-state index contributed by atoms with van der Waals surface area (Å²) in [5.41, 5.74) is 6.21. The summed E-state index contributed by atoms with van der Waals surface area (Å²) in [4.78, 5) is 16.8. The van der Waals surface area contributed by atoms with Crippen LogP contribution in [-0.2, 0) is 6.54 Å². The summed E-state index contributed by atoms with van der Waals surface area (Å²) >= 11 is 0. The van der Waals surface area contributed by atoms with Crippen molar-refractivity contribution < 1.29 is 4.79 Å². The molecule has 0 bridgehead atoms. The lowest BCUT2D eigenvalue weighted by Crippen LogP contribution is -2.18. The third kappa shape index (κ3) is 3.77. The topological polar surface area (TPSA) is 59.3 Å². The summed E-state index contributed by atoms with van der Waals surface area (Å²) in [6.45, 7) is 0.676. The highest BCUT2D eigenvalue weighted by Gasteiger charge is 2.09. The monoisotopic (exact) mass is 354 g/mol. The molecule has 1 aromatic heterocycles. The SMILES string of the molecule is O=C(N/N=C\c1nc2ccccc2n1Cc1ccccc1)c1ccccc1. The van der Waals surface area contributed by atoms with E-state index in [0.717, 1.165) is 11.0 Å². The van der Waals surface area contributed by atoms with Gasteiger partial charge in [0.25, 0.3) is 5.91 Å². The average molecular weight is 354 g/mol. The van der Waals surface area contributed by atoms with E-state index in [0.29, 0.717) is 17.9 Å². The number of amides is 1. The number of carbonyl (C=O) groups is 1. The third-order valence-corrected chi connectivity index (χ3v) is 4.25. The number of para-hydroxylation sites is 2. The number of aromatic nitrogens is 2. The van der Waals surface area contributed by atoms with Crippen molar-refractivity contribution >= 4 is 23.2 Å². The second-order valence-corrected chi connectivity index (χ2v) is 6.10. The van der Waals surface area contributed by atoms with Crippen LogP contribution in [0.15, 0.2) is 90.0 Å². The van der Waals surface area contributed by atoms with Crippen LogP contribution in [0.5, 0.6) is 0 Å². The van der Waals surface area contributed by atoms with Crippen molar-refractivity contribution in [2.24, 2.45) is 5.10 Å². The standard InChI is InChI=1S/C22H18N4O/c27-22(18-11-5-2-6-12-18)25-23-15-21-24-19-13-7-8-14-20(19)26(21)16-17-9-3-1-4-10-17/h1-15H,16H2,(H,25,27)/b23-15-. The Morgan fingerprint density at radius 1 is 0.926 bits per heavy atom. The smallest absolute Gasteiger partial charge is 0.271 e. The van der Waals surface area contributed by atoms with Crippen molar-refractivity contribution in [1.29, 1.82) is 0 Å². The second kappa shape index (κ2) is 7.66. The van der Waals surface area contributed by atoms with E-state index in [4.69, 9.17) is 0 Å². The molecule has 4 aromatic rings. The zero-order chi connectivity index (χ0) is 18.5. The summed E-state index contributed by atoms with van der Waals surface area (Å²) in [7, 11) is 0. The molecule has 0 aliphatic heterocycles. The van der Waals surface area contributed by atoms with Gasteiger partial charge in [0.1, 0.15) is 0 Å². The molecule has 0 fully saturated rings. The fraction of sp³-hybridized carbons (Fsp3) is 0.0455. The number of nitrogens with one attached hydrogen (secondary N) is 1. The Kier molecular flexibility index (Phi) is 4.74.